The zero-order valence-electron chi connectivity index (χ0n) is 6.66. The molecule has 1 aromatic rings. The molecule has 12 heavy (non-hydrogen) atoms. The highest BCUT2D eigenvalue weighted by atomic mass is 16.3. The predicted octanol–water partition coefficient (Wildman–Crippen LogP) is 1.24. The van der Waals surface area contributed by atoms with E-state index < -0.39 is 6.10 Å². The molecule has 62 valence electrons. The van der Waals surface area contributed by atoms with E-state index in [0.29, 0.717) is 6.42 Å². The molecule has 0 amide bonds. The second-order valence-corrected chi connectivity index (χ2v) is 3.07. The van der Waals surface area contributed by atoms with Crippen molar-refractivity contribution in [1.82, 2.24) is 0 Å². The maximum atomic E-state index is 11.1. The summed E-state index contributed by atoms with van der Waals surface area (Å²) in [6.45, 7) is 0. The molecule has 0 saturated heterocycles. The van der Waals surface area contributed by atoms with Gasteiger partial charge in [0.25, 0.3) is 0 Å². The van der Waals surface area contributed by atoms with Crippen molar-refractivity contribution in [1.29, 1.82) is 0 Å². The van der Waals surface area contributed by atoms with Gasteiger partial charge in [-0.25, -0.2) is 0 Å². The number of fused-ring (bicyclic) bond motifs is 1. The van der Waals surface area contributed by atoms with E-state index in [9.17, 15) is 9.90 Å². The molecule has 0 spiro atoms. The summed E-state index contributed by atoms with van der Waals surface area (Å²) in [4.78, 5) is 11.1. The second-order valence-electron chi connectivity index (χ2n) is 3.07. The normalized spacial score (nSPS) is 22.1. The Morgan fingerprint density at radius 2 is 2.00 bits per heavy atom. The van der Waals surface area contributed by atoms with Crippen molar-refractivity contribution in [2.75, 3.05) is 0 Å². The Kier molecular flexibility index (Phi) is 1.70. The van der Waals surface area contributed by atoms with Gasteiger partial charge >= 0.3 is 0 Å². The molecule has 1 aliphatic carbocycles. The lowest BCUT2D eigenvalue weighted by Gasteiger charge is -2.19. The molecule has 0 aliphatic heterocycles. The van der Waals surface area contributed by atoms with Crippen LogP contribution in [0.1, 0.15) is 23.7 Å². The lowest BCUT2D eigenvalue weighted by atomic mass is 9.89. The number of hydrogen-bond donors (Lipinski definition) is 1. The Morgan fingerprint density at radius 1 is 1.25 bits per heavy atom. The Bertz CT molecular complexity index is 317. The first-order chi connectivity index (χ1) is 5.79. The number of Topliss-reactive ketones (excluding diaryl/α,β-unsaturated/α-hetero) is 1. The fraction of sp³-hybridized carbons (Fsp3) is 0.300. The highest BCUT2D eigenvalue weighted by molar-refractivity contribution is 5.86. The molecule has 0 radical (unpaired) electrons. The third kappa shape index (κ3) is 1.04. The van der Waals surface area contributed by atoms with E-state index in [1.807, 2.05) is 24.3 Å². The van der Waals surface area contributed by atoms with Crippen LogP contribution in [0, 0.1) is 0 Å². The first-order valence-corrected chi connectivity index (χ1v) is 4.07. The molecular weight excluding hydrogens is 152 g/mol. The minimum atomic E-state index is -0.880. The molecule has 2 heteroatoms. The lowest BCUT2D eigenvalue weighted by molar-refractivity contribution is -0.128. The van der Waals surface area contributed by atoms with Crippen molar-refractivity contribution >= 4 is 5.78 Å². The van der Waals surface area contributed by atoms with Crippen LogP contribution in [-0.2, 0) is 11.2 Å². The number of rotatable bonds is 0. The summed E-state index contributed by atoms with van der Waals surface area (Å²) in [6, 6.07) is 7.56. The predicted molar refractivity (Wildman–Crippen MR) is 44.7 cm³/mol. The number of ketones is 1. The zero-order chi connectivity index (χ0) is 8.55. The van der Waals surface area contributed by atoms with Crippen LogP contribution < -0.4 is 0 Å². The first-order valence-electron chi connectivity index (χ1n) is 4.07. The van der Waals surface area contributed by atoms with Crippen LogP contribution in [0.3, 0.4) is 0 Å². The monoisotopic (exact) mass is 162 g/mol. The van der Waals surface area contributed by atoms with Crippen LogP contribution in [-0.4, -0.2) is 10.9 Å². The largest absolute Gasteiger partial charge is 0.381 e. The highest BCUT2D eigenvalue weighted by Gasteiger charge is 2.24. The highest BCUT2D eigenvalue weighted by Crippen LogP contribution is 2.26. The van der Waals surface area contributed by atoms with Crippen LogP contribution in [0.25, 0.3) is 0 Å². The van der Waals surface area contributed by atoms with Gasteiger partial charge in [-0.2, -0.15) is 0 Å². The van der Waals surface area contributed by atoms with E-state index in [0.717, 1.165) is 17.5 Å². The van der Waals surface area contributed by atoms with Gasteiger partial charge in [-0.05, 0) is 17.5 Å². The molecule has 2 nitrogen and oxygen atoms in total. The SMILES string of the molecule is O=C1CCc2ccccc2C1O. The van der Waals surface area contributed by atoms with Gasteiger partial charge in [0.05, 0.1) is 0 Å². The summed E-state index contributed by atoms with van der Waals surface area (Å²) in [6.07, 6.45) is 0.361. The summed E-state index contributed by atoms with van der Waals surface area (Å²) in [5.74, 6) is -0.0614. The number of aliphatic hydroxyl groups excluding tert-OH is 1. The van der Waals surface area contributed by atoms with Gasteiger partial charge in [-0.15, -0.1) is 0 Å². The molecule has 0 bridgehead atoms. The van der Waals surface area contributed by atoms with Gasteiger partial charge < -0.3 is 5.11 Å². The molecule has 1 unspecified atom stereocenters. The van der Waals surface area contributed by atoms with Crippen molar-refractivity contribution in [2.45, 2.75) is 18.9 Å². The van der Waals surface area contributed by atoms with Crippen molar-refractivity contribution < 1.29 is 9.90 Å². The first kappa shape index (κ1) is 7.50. The van der Waals surface area contributed by atoms with Gasteiger partial charge in [0.1, 0.15) is 6.10 Å². The number of aliphatic hydroxyl groups is 1. The van der Waals surface area contributed by atoms with Crippen LogP contribution in [0.4, 0.5) is 0 Å². The van der Waals surface area contributed by atoms with E-state index in [1.54, 1.807) is 0 Å². The summed E-state index contributed by atoms with van der Waals surface area (Å²) >= 11 is 0. The number of hydrogen-bond acceptors (Lipinski definition) is 2. The molecule has 1 N–H and O–H groups in total. The minimum Gasteiger partial charge on any atom is -0.381 e. The van der Waals surface area contributed by atoms with Crippen LogP contribution in [0.2, 0.25) is 0 Å². The summed E-state index contributed by atoms with van der Waals surface area (Å²) in [7, 11) is 0. The van der Waals surface area contributed by atoms with Gasteiger partial charge in [0.2, 0.25) is 0 Å². The molecule has 2 rings (SSSR count). The Labute approximate surface area is 70.8 Å². The fourth-order valence-electron chi connectivity index (χ4n) is 1.60. The summed E-state index contributed by atoms with van der Waals surface area (Å²) < 4.78 is 0. The van der Waals surface area contributed by atoms with Crippen molar-refractivity contribution in [3.8, 4) is 0 Å². The van der Waals surface area contributed by atoms with Gasteiger partial charge in [-0.3, -0.25) is 4.79 Å². The Morgan fingerprint density at radius 3 is 2.83 bits per heavy atom. The average molecular weight is 162 g/mol. The molecule has 1 aromatic carbocycles. The number of benzene rings is 1. The summed E-state index contributed by atoms with van der Waals surface area (Å²) in [5, 5.41) is 9.48. The van der Waals surface area contributed by atoms with Gasteiger partial charge in [0.15, 0.2) is 5.78 Å². The molecule has 0 heterocycles. The minimum absolute atomic E-state index is 0.0614. The van der Waals surface area contributed by atoms with Gasteiger partial charge in [0, 0.05) is 6.42 Å². The number of aryl methyl sites for hydroxylation is 1. The van der Waals surface area contributed by atoms with Crippen LogP contribution in [0.15, 0.2) is 24.3 Å². The van der Waals surface area contributed by atoms with E-state index in [-0.39, 0.29) is 5.78 Å². The standard InChI is InChI=1S/C10H10O2/c11-9-6-5-7-3-1-2-4-8(7)10(9)12/h1-4,10,12H,5-6H2. The third-order valence-electron chi connectivity index (χ3n) is 2.30. The van der Waals surface area contributed by atoms with E-state index in [2.05, 4.69) is 0 Å². The molecule has 0 aromatic heterocycles. The average Bonchev–Trinajstić information content (AvgIpc) is 2.12. The van der Waals surface area contributed by atoms with Gasteiger partial charge in [-0.1, -0.05) is 24.3 Å². The number of carbonyl (C=O) groups excluding carboxylic acids is 1. The Balaban J connectivity index is 2.48. The molecular formula is C10H10O2. The van der Waals surface area contributed by atoms with Crippen LogP contribution in [0.5, 0.6) is 0 Å². The smallest absolute Gasteiger partial charge is 0.166 e. The van der Waals surface area contributed by atoms with Crippen LogP contribution >= 0.6 is 0 Å². The maximum Gasteiger partial charge on any atom is 0.166 e. The molecule has 1 atom stereocenters. The van der Waals surface area contributed by atoms with E-state index in [1.165, 1.54) is 0 Å². The van der Waals surface area contributed by atoms with E-state index >= 15 is 0 Å². The van der Waals surface area contributed by atoms with Crippen molar-refractivity contribution in [2.24, 2.45) is 0 Å². The Hall–Kier alpha value is -1.15. The number of carbonyl (C=O) groups is 1. The molecule has 0 fully saturated rings. The fourth-order valence-corrected chi connectivity index (χ4v) is 1.60. The second kappa shape index (κ2) is 2.72. The third-order valence-corrected chi connectivity index (χ3v) is 2.30. The summed E-state index contributed by atoms with van der Waals surface area (Å²) in [5.41, 5.74) is 1.89. The van der Waals surface area contributed by atoms with E-state index in [4.69, 9.17) is 0 Å². The maximum absolute atomic E-state index is 11.1. The topological polar surface area (TPSA) is 37.3 Å². The quantitative estimate of drug-likeness (QED) is 0.623. The zero-order valence-corrected chi connectivity index (χ0v) is 6.66. The van der Waals surface area contributed by atoms with Crippen molar-refractivity contribution in [3.63, 3.8) is 0 Å². The van der Waals surface area contributed by atoms with Crippen molar-refractivity contribution in [3.05, 3.63) is 35.4 Å². The lowest BCUT2D eigenvalue weighted by Crippen LogP contribution is -2.19. The molecule has 1 aliphatic rings. The molecule has 0 saturated carbocycles.